The van der Waals surface area contributed by atoms with Gasteiger partial charge in [0, 0.05) is 42.9 Å². The minimum atomic E-state index is -0.0779. The van der Waals surface area contributed by atoms with Crippen LogP contribution in [0.15, 0.2) is 60.7 Å². The predicted octanol–water partition coefficient (Wildman–Crippen LogP) is 3.64. The molecule has 0 spiro atoms. The number of urea groups is 1. The van der Waals surface area contributed by atoms with Crippen LogP contribution < -0.4 is 4.90 Å². The van der Waals surface area contributed by atoms with Gasteiger partial charge in [0.1, 0.15) is 6.54 Å². The van der Waals surface area contributed by atoms with E-state index in [1.807, 2.05) is 53.1 Å². The number of anilines is 1. The fraction of sp³-hybridized carbons (Fsp3) is 0.364. The molecule has 0 radical (unpaired) electrons. The summed E-state index contributed by atoms with van der Waals surface area (Å²) in [6.45, 7) is 2.88. The lowest BCUT2D eigenvalue weighted by molar-refractivity contribution is -0.131. The molecule has 0 saturated carbocycles. The lowest BCUT2D eigenvalue weighted by Gasteiger charge is -2.24. The molecule has 2 aromatic carbocycles. The van der Waals surface area contributed by atoms with Crippen LogP contribution in [0, 0.1) is 0 Å². The molecular weight excluding hydrogens is 370 g/mol. The first kappa shape index (κ1) is 18.9. The van der Waals surface area contributed by atoms with Gasteiger partial charge in [0.25, 0.3) is 0 Å². The van der Waals surface area contributed by atoms with E-state index in [1.54, 1.807) is 9.80 Å². The van der Waals surface area contributed by atoms with Gasteiger partial charge in [0.15, 0.2) is 0 Å². The molecule has 2 aliphatic rings. The highest BCUT2D eigenvalue weighted by atomic mass is 32.2. The number of benzene rings is 2. The Bertz CT molecular complexity index is 815. The fourth-order valence-corrected chi connectivity index (χ4v) is 5.03. The Labute approximate surface area is 170 Å². The molecule has 28 heavy (non-hydrogen) atoms. The summed E-state index contributed by atoms with van der Waals surface area (Å²) < 4.78 is 0. The van der Waals surface area contributed by atoms with Gasteiger partial charge in [-0.25, -0.2) is 4.79 Å². The van der Waals surface area contributed by atoms with Crippen LogP contribution in [0.2, 0.25) is 0 Å². The highest BCUT2D eigenvalue weighted by molar-refractivity contribution is 7.99. The second-order valence-corrected chi connectivity index (χ2v) is 8.44. The van der Waals surface area contributed by atoms with Crippen molar-refractivity contribution in [3.05, 3.63) is 66.2 Å². The molecule has 0 aliphatic carbocycles. The van der Waals surface area contributed by atoms with Gasteiger partial charge in [-0.1, -0.05) is 48.5 Å². The van der Waals surface area contributed by atoms with E-state index in [0.29, 0.717) is 18.3 Å². The van der Waals surface area contributed by atoms with Crippen molar-refractivity contribution >= 4 is 29.4 Å². The zero-order chi connectivity index (χ0) is 19.3. The number of rotatable bonds is 4. The molecule has 1 atom stereocenters. The highest BCUT2D eigenvalue weighted by Crippen LogP contribution is 2.34. The van der Waals surface area contributed by atoms with Crippen molar-refractivity contribution in [1.29, 1.82) is 0 Å². The molecule has 2 saturated heterocycles. The highest BCUT2D eigenvalue weighted by Gasteiger charge is 2.32. The molecule has 4 rings (SSSR count). The van der Waals surface area contributed by atoms with Gasteiger partial charge in [0.2, 0.25) is 5.91 Å². The van der Waals surface area contributed by atoms with Gasteiger partial charge in [-0.05, 0) is 24.1 Å². The predicted molar refractivity (Wildman–Crippen MR) is 114 cm³/mol. The molecule has 2 aromatic rings. The van der Waals surface area contributed by atoms with Crippen LogP contribution in [0.1, 0.15) is 17.2 Å². The first-order valence-electron chi connectivity index (χ1n) is 9.78. The maximum absolute atomic E-state index is 12.8. The van der Waals surface area contributed by atoms with E-state index in [4.69, 9.17) is 0 Å². The van der Waals surface area contributed by atoms with Gasteiger partial charge in [-0.15, -0.1) is 0 Å². The monoisotopic (exact) mass is 395 g/mol. The zero-order valence-corrected chi connectivity index (χ0v) is 16.7. The van der Waals surface area contributed by atoms with E-state index < -0.39 is 0 Å². The van der Waals surface area contributed by atoms with Crippen LogP contribution in [0.3, 0.4) is 0 Å². The van der Waals surface area contributed by atoms with Crippen LogP contribution in [0.25, 0.3) is 0 Å². The largest absolute Gasteiger partial charge is 0.340 e. The average Bonchev–Trinajstić information content (AvgIpc) is 2.95. The topological polar surface area (TPSA) is 43.9 Å². The molecule has 0 N–H and O–H groups in total. The van der Waals surface area contributed by atoms with Crippen molar-refractivity contribution in [1.82, 2.24) is 9.80 Å². The Morgan fingerprint density at radius 1 is 0.929 bits per heavy atom. The Hall–Kier alpha value is -2.47. The maximum atomic E-state index is 12.8. The maximum Gasteiger partial charge on any atom is 0.325 e. The molecular formula is C22H25N3O2S. The van der Waals surface area contributed by atoms with E-state index in [-0.39, 0.29) is 18.5 Å². The van der Waals surface area contributed by atoms with Crippen molar-refractivity contribution < 1.29 is 9.59 Å². The smallest absolute Gasteiger partial charge is 0.325 e. The third-order valence-corrected chi connectivity index (χ3v) is 6.68. The minimum absolute atomic E-state index is 0.0533. The van der Waals surface area contributed by atoms with Crippen molar-refractivity contribution in [2.75, 3.05) is 43.4 Å². The first-order valence-corrected chi connectivity index (χ1v) is 10.8. The van der Waals surface area contributed by atoms with Gasteiger partial charge >= 0.3 is 6.03 Å². The van der Waals surface area contributed by atoms with Crippen molar-refractivity contribution in [3.63, 3.8) is 0 Å². The number of para-hydroxylation sites is 1. The molecule has 3 amide bonds. The van der Waals surface area contributed by atoms with Crippen LogP contribution in [-0.2, 0) is 4.79 Å². The summed E-state index contributed by atoms with van der Waals surface area (Å²) in [6.07, 6.45) is 0.949. The molecule has 5 nitrogen and oxygen atoms in total. The van der Waals surface area contributed by atoms with Crippen LogP contribution in [0.4, 0.5) is 10.5 Å². The molecule has 146 valence electrons. The van der Waals surface area contributed by atoms with Gasteiger partial charge in [-0.2, -0.15) is 11.8 Å². The van der Waals surface area contributed by atoms with Crippen LogP contribution in [0.5, 0.6) is 0 Å². The molecule has 0 bridgehead atoms. The molecule has 2 aliphatic heterocycles. The van der Waals surface area contributed by atoms with Gasteiger partial charge in [-0.3, -0.25) is 9.69 Å². The third kappa shape index (κ3) is 4.17. The number of hydrogen-bond donors (Lipinski definition) is 0. The first-order chi connectivity index (χ1) is 13.7. The standard InChI is InChI=1S/C22H25N3O2S/c26-21(17-24-13-14-25(22(24)27)19-9-5-2-6-10-19)23-12-11-20(28-16-15-23)18-7-3-1-4-8-18/h1-10,20H,11-17H2/t20-/m1/s1. The second-order valence-electron chi connectivity index (χ2n) is 7.13. The van der Waals surface area contributed by atoms with E-state index in [0.717, 1.165) is 31.0 Å². The molecule has 0 unspecified atom stereocenters. The van der Waals surface area contributed by atoms with E-state index in [2.05, 4.69) is 24.3 Å². The van der Waals surface area contributed by atoms with Crippen molar-refractivity contribution in [2.24, 2.45) is 0 Å². The summed E-state index contributed by atoms with van der Waals surface area (Å²) in [6, 6.07) is 20.1. The lowest BCUT2D eigenvalue weighted by atomic mass is 10.1. The summed E-state index contributed by atoms with van der Waals surface area (Å²) in [5.74, 6) is 0.979. The molecule has 2 heterocycles. The number of amides is 3. The van der Waals surface area contributed by atoms with E-state index in [9.17, 15) is 9.59 Å². The summed E-state index contributed by atoms with van der Waals surface area (Å²) in [5.41, 5.74) is 2.22. The normalized spacial score (nSPS) is 20.4. The quantitative estimate of drug-likeness (QED) is 0.794. The Kier molecular flexibility index (Phi) is 5.86. The SMILES string of the molecule is O=C(CN1CCN(c2ccccc2)C1=O)N1CCS[C@@H](c2ccccc2)CC1. The summed E-state index contributed by atoms with van der Waals surface area (Å²) >= 11 is 1.92. The number of thioether (sulfide) groups is 1. The number of hydrogen-bond acceptors (Lipinski definition) is 3. The average molecular weight is 396 g/mol. The number of carbonyl (C=O) groups is 2. The van der Waals surface area contributed by atoms with Crippen LogP contribution in [-0.4, -0.2) is 60.2 Å². The fourth-order valence-electron chi connectivity index (χ4n) is 3.79. The minimum Gasteiger partial charge on any atom is -0.340 e. The summed E-state index contributed by atoms with van der Waals surface area (Å²) in [5, 5.41) is 0.431. The zero-order valence-electron chi connectivity index (χ0n) is 15.9. The third-order valence-electron chi connectivity index (χ3n) is 5.35. The number of nitrogens with zero attached hydrogens (tertiary/aromatic N) is 3. The van der Waals surface area contributed by atoms with Crippen LogP contribution >= 0.6 is 11.8 Å². The molecule has 6 heteroatoms. The summed E-state index contributed by atoms with van der Waals surface area (Å²) in [4.78, 5) is 30.9. The van der Waals surface area contributed by atoms with Gasteiger partial charge < -0.3 is 9.80 Å². The lowest BCUT2D eigenvalue weighted by Crippen LogP contribution is -2.43. The van der Waals surface area contributed by atoms with Crippen molar-refractivity contribution in [2.45, 2.75) is 11.7 Å². The van der Waals surface area contributed by atoms with E-state index >= 15 is 0 Å². The Balaban J connectivity index is 1.33. The molecule has 0 aromatic heterocycles. The Morgan fingerprint density at radius 3 is 2.39 bits per heavy atom. The van der Waals surface area contributed by atoms with Gasteiger partial charge in [0.05, 0.1) is 0 Å². The Morgan fingerprint density at radius 2 is 1.64 bits per heavy atom. The summed E-state index contributed by atoms with van der Waals surface area (Å²) in [7, 11) is 0. The van der Waals surface area contributed by atoms with Crippen molar-refractivity contribution in [3.8, 4) is 0 Å². The second kappa shape index (κ2) is 8.69. The van der Waals surface area contributed by atoms with E-state index in [1.165, 1.54) is 5.56 Å². The molecule has 2 fully saturated rings. The number of carbonyl (C=O) groups excluding carboxylic acids is 2.